The van der Waals surface area contributed by atoms with Gasteiger partial charge in [-0.15, -0.1) is 0 Å². The van der Waals surface area contributed by atoms with Crippen molar-refractivity contribution in [2.75, 3.05) is 40.4 Å². The molecule has 0 aliphatic rings. The molecular weight excluding hydrogens is 534 g/mol. The smallest absolute Gasteiger partial charge is 0.119 e. The largest absolute Gasteiger partial charge is 1.00 e. The van der Waals surface area contributed by atoms with E-state index in [9.17, 15) is 0 Å². The lowest BCUT2D eigenvalue weighted by molar-refractivity contribution is -0.890. The second-order valence-electron chi connectivity index (χ2n) is 11.4. The molecule has 0 atom stereocenters. The average molecular weight is 591 g/mol. The van der Waals surface area contributed by atoms with Gasteiger partial charge in [0.1, 0.15) is 11.5 Å². The maximum atomic E-state index is 5.77. The summed E-state index contributed by atoms with van der Waals surface area (Å²) in [5.41, 5.74) is 0. The molecule has 0 aliphatic carbocycles. The van der Waals surface area contributed by atoms with E-state index in [0.29, 0.717) is 0 Å². The van der Waals surface area contributed by atoms with Crippen molar-refractivity contribution in [3.8, 4) is 11.5 Å². The molecule has 0 fully saturated rings. The van der Waals surface area contributed by atoms with Crippen LogP contribution in [0.25, 0.3) is 0 Å². The van der Waals surface area contributed by atoms with Gasteiger partial charge in [-0.1, -0.05) is 101 Å². The van der Waals surface area contributed by atoms with Crippen LogP contribution in [0.2, 0.25) is 0 Å². The van der Waals surface area contributed by atoms with Crippen LogP contribution in [-0.2, 0) is 0 Å². The summed E-state index contributed by atoms with van der Waals surface area (Å²) in [6, 6.07) is 20.3. The van der Waals surface area contributed by atoms with E-state index in [0.717, 1.165) is 24.7 Å². The third-order valence-electron chi connectivity index (χ3n) is 7.34. The zero-order valence-electron chi connectivity index (χ0n) is 24.6. The standard InChI is InChI=1S/C34H56NO2.BrH/c1-35(2,29-21-11-7-3-5-9-13-23-31-36-33-25-17-15-18-26-33)30-22-12-8-4-6-10-14-24-32-37-34-27-19-16-20-28-34;/h15-20,25-28H,3-14,21-24,29-32H2,1-2H3;1H/q+1;/p-1. The summed E-state index contributed by atoms with van der Waals surface area (Å²) in [5.74, 6) is 1.99. The Morgan fingerprint density at radius 3 is 1.05 bits per heavy atom. The number of hydrogen-bond donors (Lipinski definition) is 0. The number of para-hydroxylation sites is 2. The first-order valence-corrected chi connectivity index (χ1v) is 15.3. The molecule has 0 bridgehead atoms. The fourth-order valence-electron chi connectivity index (χ4n) is 4.93. The Morgan fingerprint density at radius 1 is 0.421 bits per heavy atom. The first kappa shape index (κ1) is 34.5. The number of unbranched alkanes of at least 4 members (excludes halogenated alkanes) is 14. The Balaban J connectivity index is 0.00000722. The summed E-state index contributed by atoms with van der Waals surface area (Å²) in [7, 11) is 4.85. The average Bonchev–Trinajstić information content (AvgIpc) is 2.91. The van der Waals surface area contributed by atoms with Crippen molar-refractivity contribution in [3.05, 3.63) is 60.7 Å². The van der Waals surface area contributed by atoms with E-state index >= 15 is 0 Å². The van der Waals surface area contributed by atoms with E-state index in [2.05, 4.69) is 14.1 Å². The summed E-state index contributed by atoms with van der Waals surface area (Å²) in [5, 5.41) is 0. The maximum absolute atomic E-state index is 5.77. The van der Waals surface area contributed by atoms with Crippen LogP contribution in [0.5, 0.6) is 11.5 Å². The van der Waals surface area contributed by atoms with Gasteiger partial charge in [-0.05, 0) is 62.8 Å². The highest BCUT2D eigenvalue weighted by molar-refractivity contribution is 5.21. The number of nitrogens with zero attached hydrogens (tertiary/aromatic N) is 1. The molecule has 3 nitrogen and oxygen atoms in total. The Kier molecular flexibility index (Phi) is 21.2. The third-order valence-corrected chi connectivity index (χ3v) is 7.34. The van der Waals surface area contributed by atoms with Gasteiger partial charge in [0.05, 0.1) is 40.4 Å². The predicted octanol–water partition coefficient (Wildman–Crippen LogP) is 6.47. The normalized spacial score (nSPS) is 11.2. The van der Waals surface area contributed by atoms with Gasteiger partial charge in [0.25, 0.3) is 0 Å². The van der Waals surface area contributed by atoms with Crippen LogP contribution in [0.4, 0.5) is 0 Å². The van der Waals surface area contributed by atoms with Crippen LogP contribution in [-0.4, -0.2) is 44.9 Å². The summed E-state index contributed by atoms with van der Waals surface area (Å²) in [4.78, 5) is 0. The van der Waals surface area contributed by atoms with E-state index < -0.39 is 0 Å². The monoisotopic (exact) mass is 589 g/mol. The molecule has 0 saturated carbocycles. The highest BCUT2D eigenvalue weighted by atomic mass is 79.9. The Bertz CT molecular complexity index is 690. The minimum atomic E-state index is 0. The maximum Gasteiger partial charge on any atom is 0.119 e. The molecule has 0 saturated heterocycles. The van der Waals surface area contributed by atoms with Crippen molar-refractivity contribution < 1.29 is 30.9 Å². The fraction of sp³-hybridized carbons (Fsp3) is 0.647. The summed E-state index contributed by atoms with van der Waals surface area (Å²) >= 11 is 0. The van der Waals surface area contributed by atoms with Crippen molar-refractivity contribution in [2.24, 2.45) is 0 Å². The van der Waals surface area contributed by atoms with Crippen LogP contribution < -0.4 is 26.5 Å². The quantitative estimate of drug-likeness (QED) is 0.103. The highest BCUT2D eigenvalue weighted by Crippen LogP contribution is 2.15. The molecule has 38 heavy (non-hydrogen) atoms. The molecule has 0 spiro atoms. The van der Waals surface area contributed by atoms with E-state index in [-0.39, 0.29) is 17.0 Å². The van der Waals surface area contributed by atoms with Crippen LogP contribution in [0, 0.1) is 0 Å². The first-order valence-electron chi connectivity index (χ1n) is 15.3. The molecule has 0 amide bonds. The van der Waals surface area contributed by atoms with Crippen LogP contribution >= 0.6 is 0 Å². The van der Waals surface area contributed by atoms with Crippen LogP contribution in [0.3, 0.4) is 0 Å². The van der Waals surface area contributed by atoms with Gasteiger partial charge < -0.3 is 30.9 Å². The Labute approximate surface area is 245 Å². The predicted molar refractivity (Wildman–Crippen MR) is 160 cm³/mol. The summed E-state index contributed by atoms with van der Waals surface area (Å²) < 4.78 is 12.7. The van der Waals surface area contributed by atoms with Gasteiger partial charge in [0.2, 0.25) is 0 Å². The van der Waals surface area contributed by atoms with Crippen molar-refractivity contribution in [1.82, 2.24) is 0 Å². The second kappa shape index (κ2) is 23.4. The highest BCUT2D eigenvalue weighted by Gasteiger charge is 2.13. The van der Waals surface area contributed by atoms with Crippen molar-refractivity contribution >= 4 is 0 Å². The number of ether oxygens (including phenoxy) is 2. The minimum absolute atomic E-state index is 0. The molecular formula is C34H56BrNO2. The van der Waals surface area contributed by atoms with Gasteiger partial charge in [0.15, 0.2) is 0 Å². The molecule has 216 valence electrons. The lowest BCUT2D eigenvalue weighted by atomic mass is 10.1. The molecule has 0 unspecified atom stereocenters. The van der Waals surface area contributed by atoms with E-state index in [1.54, 1.807) is 0 Å². The Morgan fingerprint density at radius 2 is 0.711 bits per heavy atom. The zero-order valence-corrected chi connectivity index (χ0v) is 26.1. The number of quaternary nitrogens is 1. The first-order chi connectivity index (χ1) is 18.2. The molecule has 0 aliphatic heterocycles. The topological polar surface area (TPSA) is 18.5 Å². The second-order valence-corrected chi connectivity index (χ2v) is 11.4. The van der Waals surface area contributed by atoms with Gasteiger partial charge in [-0.3, -0.25) is 0 Å². The van der Waals surface area contributed by atoms with Crippen LogP contribution in [0.1, 0.15) is 103 Å². The van der Waals surface area contributed by atoms with Crippen molar-refractivity contribution in [1.29, 1.82) is 0 Å². The number of halogens is 1. The fourth-order valence-corrected chi connectivity index (χ4v) is 4.93. The van der Waals surface area contributed by atoms with Crippen molar-refractivity contribution in [2.45, 2.75) is 103 Å². The van der Waals surface area contributed by atoms with Gasteiger partial charge in [-0.25, -0.2) is 0 Å². The molecule has 0 heterocycles. The number of hydrogen-bond acceptors (Lipinski definition) is 2. The SMILES string of the molecule is C[N+](C)(CCCCCCCCCCOc1ccccc1)CCCCCCCCCCOc1ccccc1.[Br-]. The molecule has 2 rings (SSSR count). The third kappa shape index (κ3) is 19.5. The van der Waals surface area contributed by atoms with Crippen molar-refractivity contribution in [3.63, 3.8) is 0 Å². The molecule has 0 aromatic heterocycles. The van der Waals surface area contributed by atoms with Gasteiger partial charge >= 0.3 is 0 Å². The number of rotatable bonds is 24. The van der Waals surface area contributed by atoms with E-state index in [1.807, 2.05) is 60.7 Å². The van der Waals surface area contributed by atoms with Gasteiger partial charge in [0, 0.05) is 0 Å². The van der Waals surface area contributed by atoms with Gasteiger partial charge in [-0.2, -0.15) is 0 Å². The summed E-state index contributed by atoms with van der Waals surface area (Å²) in [6.07, 6.45) is 21.5. The lowest BCUT2D eigenvalue weighted by Gasteiger charge is -2.30. The summed E-state index contributed by atoms with van der Waals surface area (Å²) in [6.45, 7) is 4.37. The minimum Gasteiger partial charge on any atom is -1.00 e. The molecule has 4 heteroatoms. The van der Waals surface area contributed by atoms with E-state index in [1.165, 1.54) is 120 Å². The lowest BCUT2D eigenvalue weighted by Crippen LogP contribution is -3.00. The van der Waals surface area contributed by atoms with Crippen LogP contribution in [0.15, 0.2) is 60.7 Å². The molecule has 0 N–H and O–H groups in total. The molecule has 2 aromatic rings. The molecule has 0 radical (unpaired) electrons. The zero-order chi connectivity index (χ0) is 26.3. The number of benzene rings is 2. The Hall–Kier alpha value is -1.52. The molecule has 2 aromatic carbocycles. The van der Waals surface area contributed by atoms with E-state index in [4.69, 9.17) is 9.47 Å².